The molecule has 6 aromatic rings. The summed E-state index contributed by atoms with van der Waals surface area (Å²) in [6.07, 6.45) is 7.25. The van der Waals surface area contributed by atoms with E-state index in [1.54, 1.807) is 30.9 Å². The third-order valence-electron chi connectivity index (χ3n) is 6.27. The number of nitrogens with zero attached hydrogens (tertiary/aromatic N) is 4. The summed E-state index contributed by atoms with van der Waals surface area (Å²) in [5.74, 6) is -0.0912. The van der Waals surface area contributed by atoms with Crippen molar-refractivity contribution >= 4 is 33.5 Å². The molecule has 188 valence electrons. The number of pyridine rings is 3. The van der Waals surface area contributed by atoms with Crippen molar-refractivity contribution in [2.24, 2.45) is 5.92 Å². The second kappa shape index (κ2) is 9.51. The molecule has 9 heteroatoms. The molecule has 0 radical (unpaired) electrons. The molecule has 0 aliphatic rings. The quantitative estimate of drug-likeness (QED) is 0.244. The third-order valence-corrected chi connectivity index (χ3v) is 6.27. The van der Waals surface area contributed by atoms with Crippen molar-refractivity contribution in [1.29, 1.82) is 0 Å². The van der Waals surface area contributed by atoms with E-state index in [2.05, 4.69) is 35.5 Å². The maximum absolute atomic E-state index is 13.9. The molecule has 0 aliphatic heterocycles. The van der Waals surface area contributed by atoms with Gasteiger partial charge in [-0.2, -0.15) is 5.10 Å². The van der Waals surface area contributed by atoms with Crippen LogP contribution in [0.1, 0.15) is 20.3 Å². The second-order valence-electron chi connectivity index (χ2n) is 9.62. The topological polar surface area (TPSA) is 112 Å². The first kappa shape index (κ1) is 23.5. The van der Waals surface area contributed by atoms with Crippen molar-refractivity contribution < 1.29 is 9.18 Å². The van der Waals surface area contributed by atoms with E-state index >= 15 is 0 Å². The Balaban J connectivity index is 1.38. The molecular formula is C29H24FN7O. The number of rotatable bonds is 6. The summed E-state index contributed by atoms with van der Waals surface area (Å²) < 4.78 is 13.9. The zero-order valence-corrected chi connectivity index (χ0v) is 20.8. The Labute approximate surface area is 217 Å². The summed E-state index contributed by atoms with van der Waals surface area (Å²) in [7, 11) is 0. The molecule has 3 N–H and O–H groups in total. The first-order valence-electron chi connectivity index (χ1n) is 12.3. The molecule has 8 nitrogen and oxygen atoms in total. The van der Waals surface area contributed by atoms with Crippen molar-refractivity contribution in [1.82, 2.24) is 30.1 Å². The lowest BCUT2D eigenvalue weighted by Gasteiger charge is -2.08. The smallest absolute Gasteiger partial charge is 0.224 e. The van der Waals surface area contributed by atoms with Gasteiger partial charge >= 0.3 is 0 Å². The van der Waals surface area contributed by atoms with Gasteiger partial charge in [-0.05, 0) is 42.3 Å². The monoisotopic (exact) mass is 505 g/mol. The second-order valence-corrected chi connectivity index (χ2v) is 9.62. The predicted octanol–water partition coefficient (Wildman–Crippen LogP) is 6.35. The van der Waals surface area contributed by atoms with E-state index in [0.717, 1.165) is 38.8 Å². The van der Waals surface area contributed by atoms with Gasteiger partial charge in [0.1, 0.15) is 5.82 Å². The highest BCUT2D eigenvalue weighted by molar-refractivity contribution is 6.00. The molecule has 38 heavy (non-hydrogen) atoms. The molecule has 1 aromatic carbocycles. The molecule has 0 fully saturated rings. The van der Waals surface area contributed by atoms with Crippen LogP contribution in [0.4, 0.5) is 10.1 Å². The first-order chi connectivity index (χ1) is 18.4. The van der Waals surface area contributed by atoms with Gasteiger partial charge in [-0.3, -0.25) is 19.9 Å². The summed E-state index contributed by atoms with van der Waals surface area (Å²) in [6, 6.07) is 14.1. The van der Waals surface area contributed by atoms with Crippen LogP contribution in [-0.4, -0.2) is 36.0 Å². The zero-order chi connectivity index (χ0) is 26.2. The van der Waals surface area contributed by atoms with Crippen LogP contribution < -0.4 is 5.32 Å². The minimum absolute atomic E-state index is 0.0458. The number of aromatic amines is 2. The summed E-state index contributed by atoms with van der Waals surface area (Å²) in [5.41, 5.74) is 6.70. The number of aromatic nitrogens is 6. The van der Waals surface area contributed by atoms with Crippen LogP contribution in [0.5, 0.6) is 0 Å². The maximum Gasteiger partial charge on any atom is 0.224 e. The number of fused-ring (bicyclic) bond motifs is 2. The number of benzene rings is 1. The van der Waals surface area contributed by atoms with E-state index in [0.29, 0.717) is 29.0 Å². The number of anilines is 1. The zero-order valence-electron chi connectivity index (χ0n) is 20.8. The SMILES string of the molecule is CC(C)CC(=O)Nc1cncc(-c2cnc3n[nH]c(-c4cc5c(-c6cccc(F)c6)nccc5[nH]4)c3c2)c1. The van der Waals surface area contributed by atoms with Crippen LogP contribution in [0.25, 0.3) is 55.7 Å². The summed E-state index contributed by atoms with van der Waals surface area (Å²) in [6.45, 7) is 4.01. The molecule has 0 atom stereocenters. The van der Waals surface area contributed by atoms with E-state index in [-0.39, 0.29) is 17.6 Å². The Bertz CT molecular complexity index is 1800. The average Bonchev–Trinajstić information content (AvgIpc) is 3.52. The van der Waals surface area contributed by atoms with Crippen molar-refractivity contribution in [3.8, 4) is 33.8 Å². The predicted molar refractivity (Wildman–Crippen MR) is 146 cm³/mol. The number of hydrogen-bond donors (Lipinski definition) is 3. The summed E-state index contributed by atoms with van der Waals surface area (Å²) in [5, 5.41) is 12.1. The molecular weight excluding hydrogens is 481 g/mol. The summed E-state index contributed by atoms with van der Waals surface area (Å²) in [4.78, 5) is 29.0. The molecule has 0 unspecified atom stereocenters. The third kappa shape index (κ3) is 4.50. The van der Waals surface area contributed by atoms with Gasteiger partial charge in [0.25, 0.3) is 0 Å². The fraction of sp³-hybridized carbons (Fsp3) is 0.138. The number of H-pyrrole nitrogens is 2. The Morgan fingerprint density at radius 3 is 2.68 bits per heavy atom. The lowest BCUT2D eigenvalue weighted by Crippen LogP contribution is -2.13. The van der Waals surface area contributed by atoms with E-state index in [1.807, 2.05) is 44.2 Å². The molecule has 5 heterocycles. The first-order valence-corrected chi connectivity index (χ1v) is 12.3. The van der Waals surface area contributed by atoms with Gasteiger partial charge in [-0.25, -0.2) is 9.37 Å². The normalized spacial score (nSPS) is 11.5. The van der Waals surface area contributed by atoms with Crippen LogP contribution in [0.15, 0.2) is 73.3 Å². The lowest BCUT2D eigenvalue weighted by atomic mass is 10.1. The number of amides is 1. The van der Waals surface area contributed by atoms with E-state index < -0.39 is 0 Å². The lowest BCUT2D eigenvalue weighted by molar-refractivity contribution is -0.116. The number of carbonyl (C=O) groups is 1. The summed E-state index contributed by atoms with van der Waals surface area (Å²) >= 11 is 0. The van der Waals surface area contributed by atoms with Crippen LogP contribution in [0.2, 0.25) is 0 Å². The number of nitrogens with one attached hydrogen (secondary N) is 3. The van der Waals surface area contributed by atoms with E-state index in [4.69, 9.17) is 0 Å². The Kier molecular flexibility index (Phi) is 5.88. The highest BCUT2D eigenvalue weighted by Crippen LogP contribution is 2.34. The van der Waals surface area contributed by atoms with Crippen LogP contribution in [-0.2, 0) is 4.79 Å². The number of halogens is 1. The van der Waals surface area contributed by atoms with Crippen LogP contribution >= 0.6 is 0 Å². The van der Waals surface area contributed by atoms with Crippen LogP contribution in [0, 0.1) is 11.7 Å². The van der Waals surface area contributed by atoms with Gasteiger partial charge in [0.15, 0.2) is 5.65 Å². The van der Waals surface area contributed by atoms with Crippen molar-refractivity contribution in [2.75, 3.05) is 5.32 Å². The molecule has 0 spiro atoms. The van der Waals surface area contributed by atoms with Gasteiger partial charge in [0.2, 0.25) is 5.91 Å². The fourth-order valence-corrected chi connectivity index (χ4v) is 4.57. The Morgan fingerprint density at radius 2 is 1.84 bits per heavy atom. The maximum atomic E-state index is 13.9. The van der Waals surface area contributed by atoms with E-state index in [1.165, 1.54) is 12.1 Å². The Morgan fingerprint density at radius 1 is 0.974 bits per heavy atom. The van der Waals surface area contributed by atoms with Crippen molar-refractivity contribution in [3.05, 3.63) is 79.1 Å². The van der Waals surface area contributed by atoms with Crippen molar-refractivity contribution in [2.45, 2.75) is 20.3 Å². The molecule has 5 aromatic heterocycles. The minimum atomic E-state index is -0.312. The number of hydrogen-bond acceptors (Lipinski definition) is 5. The molecule has 0 aliphatic carbocycles. The molecule has 6 rings (SSSR count). The van der Waals surface area contributed by atoms with Crippen molar-refractivity contribution in [3.63, 3.8) is 0 Å². The fourth-order valence-electron chi connectivity index (χ4n) is 4.57. The van der Waals surface area contributed by atoms with Gasteiger partial charge in [-0.1, -0.05) is 26.0 Å². The molecule has 0 bridgehead atoms. The average molecular weight is 506 g/mol. The highest BCUT2D eigenvalue weighted by atomic mass is 19.1. The standard InChI is InChI=1S/C29H24FN7O/c1-16(2)8-26(38)34-21-10-18(13-31-15-21)19-11-23-28(36-37-29(23)33-14-19)25-12-22-24(35-25)6-7-32-27(22)17-4-3-5-20(30)9-17/h3-7,9-16,35H,8H2,1-2H3,(H,34,38)(H,33,36,37). The molecule has 0 saturated carbocycles. The van der Waals surface area contributed by atoms with Gasteiger partial charge < -0.3 is 10.3 Å². The molecule has 0 saturated heterocycles. The van der Waals surface area contributed by atoms with E-state index in [9.17, 15) is 9.18 Å². The van der Waals surface area contributed by atoms with Gasteiger partial charge in [0.05, 0.1) is 29.0 Å². The van der Waals surface area contributed by atoms with Gasteiger partial charge in [-0.15, -0.1) is 0 Å². The van der Waals surface area contributed by atoms with Crippen LogP contribution in [0.3, 0.4) is 0 Å². The minimum Gasteiger partial charge on any atom is -0.353 e. The number of carbonyl (C=O) groups excluding carboxylic acids is 1. The highest BCUT2D eigenvalue weighted by Gasteiger charge is 2.16. The molecule has 1 amide bonds. The largest absolute Gasteiger partial charge is 0.353 e. The Hall–Kier alpha value is -4.92. The van der Waals surface area contributed by atoms with Gasteiger partial charge in [0, 0.05) is 58.0 Å².